The minimum atomic E-state index is -0.383. The van der Waals surface area contributed by atoms with Crippen molar-refractivity contribution >= 4 is 20.3 Å². The maximum absolute atomic E-state index is 11.9. The van der Waals surface area contributed by atoms with Crippen molar-refractivity contribution in [2.45, 2.75) is 57.1 Å². The van der Waals surface area contributed by atoms with E-state index in [1.807, 2.05) is 0 Å². The van der Waals surface area contributed by atoms with E-state index in [2.05, 4.69) is 20.8 Å². The molecule has 13 heavy (non-hydrogen) atoms. The zero-order valence-corrected chi connectivity index (χ0v) is 11.1. The topological polar surface area (TPSA) is 17.1 Å². The maximum atomic E-state index is 11.9. The van der Waals surface area contributed by atoms with Gasteiger partial charge in [-0.25, -0.2) is 0 Å². The molecule has 0 bridgehead atoms. The monoisotopic (exact) mass is 244 g/mol. The van der Waals surface area contributed by atoms with Gasteiger partial charge in [0.05, 0.1) is 0 Å². The second-order valence-electron chi connectivity index (χ2n) is 5.07. The van der Waals surface area contributed by atoms with Crippen LogP contribution in [0.1, 0.15) is 52.9 Å². The molecule has 0 aromatic heterocycles. The summed E-state index contributed by atoms with van der Waals surface area (Å²) in [7, 11) is 0. The van der Waals surface area contributed by atoms with Gasteiger partial charge in [0, 0.05) is 0 Å². The molecule has 1 rings (SSSR count). The average molecular weight is 244 g/mol. The Hall–Kier alpha value is 0.228. The van der Waals surface area contributed by atoms with E-state index in [-0.39, 0.29) is 15.8 Å². The van der Waals surface area contributed by atoms with Crippen LogP contribution in [0, 0.1) is 5.92 Å². The van der Waals surface area contributed by atoms with Gasteiger partial charge in [0.25, 0.3) is 0 Å². The summed E-state index contributed by atoms with van der Waals surface area (Å²) in [6, 6.07) is 0. The van der Waals surface area contributed by atoms with Crippen molar-refractivity contribution in [1.82, 2.24) is 0 Å². The van der Waals surface area contributed by atoms with Crippen LogP contribution >= 0.6 is 0 Å². The minimum absolute atomic E-state index is 0.300. The van der Waals surface area contributed by atoms with Crippen molar-refractivity contribution in [3.05, 3.63) is 0 Å². The van der Waals surface area contributed by atoms with Crippen molar-refractivity contribution in [3.63, 3.8) is 0 Å². The number of rotatable bonds is 2. The molecule has 0 aromatic rings. The van der Waals surface area contributed by atoms with E-state index in [0.29, 0.717) is 14.7 Å². The quantitative estimate of drug-likeness (QED) is 0.682. The van der Waals surface area contributed by atoms with Gasteiger partial charge in [-0.05, 0) is 0 Å². The summed E-state index contributed by atoms with van der Waals surface area (Å²) < 4.78 is 0.932. The van der Waals surface area contributed by atoms with Crippen molar-refractivity contribution in [3.8, 4) is 0 Å². The van der Waals surface area contributed by atoms with Crippen LogP contribution < -0.4 is 0 Å². The summed E-state index contributed by atoms with van der Waals surface area (Å²) in [4.78, 5) is 11.9. The molecule has 2 heteroatoms. The molecule has 0 N–H and O–H groups in total. The summed E-state index contributed by atoms with van der Waals surface area (Å²) in [5, 5.41) is 0. The third-order valence-corrected chi connectivity index (χ3v) is 5.42. The normalized spacial score (nSPS) is 21.2. The summed E-state index contributed by atoms with van der Waals surface area (Å²) in [6.07, 6.45) is 6.27. The molecule has 0 aliphatic heterocycles. The molecular weight excluding hydrogens is 223 g/mol. The predicted octanol–water partition coefficient (Wildman–Crippen LogP) is 2.75. The summed E-state index contributed by atoms with van der Waals surface area (Å²) in [6.45, 7) is 6.61. The van der Waals surface area contributed by atoms with Gasteiger partial charge in [0.15, 0.2) is 0 Å². The SMILES string of the molecule is CC(C)(C)[AsH]C(=O)C1CCCCC1. The average Bonchev–Trinajstić information content (AvgIpc) is 2.03. The van der Waals surface area contributed by atoms with Crippen LogP contribution in [0.3, 0.4) is 0 Å². The first kappa shape index (κ1) is 11.3. The number of carbonyl (C=O) groups excluding carboxylic acids is 1. The van der Waals surface area contributed by atoms with Crippen molar-refractivity contribution < 1.29 is 4.79 Å². The Balaban J connectivity index is 2.38. The molecule has 1 unspecified atom stereocenters. The predicted molar refractivity (Wildman–Crippen MR) is 58.4 cm³/mol. The van der Waals surface area contributed by atoms with Crippen LogP contribution in [-0.2, 0) is 4.79 Å². The van der Waals surface area contributed by atoms with Gasteiger partial charge in [0.2, 0.25) is 0 Å². The number of hydrogen-bond donors (Lipinski definition) is 0. The molecule has 0 aromatic carbocycles. The Bertz CT molecular complexity index is 175. The van der Waals surface area contributed by atoms with Gasteiger partial charge >= 0.3 is 88.1 Å². The Morgan fingerprint density at radius 3 is 2.15 bits per heavy atom. The molecule has 1 aliphatic rings. The number of hydrogen-bond acceptors (Lipinski definition) is 1. The van der Waals surface area contributed by atoms with Crippen molar-refractivity contribution in [1.29, 1.82) is 0 Å². The zero-order chi connectivity index (χ0) is 9.90. The van der Waals surface area contributed by atoms with E-state index >= 15 is 0 Å². The molecule has 0 spiro atoms. The van der Waals surface area contributed by atoms with Crippen LogP contribution in [0.25, 0.3) is 0 Å². The van der Waals surface area contributed by atoms with Crippen LogP contribution in [0.15, 0.2) is 0 Å². The van der Waals surface area contributed by atoms with Crippen LogP contribution in [-0.4, -0.2) is 20.3 Å². The molecule has 1 atom stereocenters. The van der Waals surface area contributed by atoms with E-state index in [1.165, 1.54) is 32.1 Å². The molecule has 0 amide bonds. The zero-order valence-electron chi connectivity index (χ0n) is 9.02. The van der Waals surface area contributed by atoms with Crippen LogP contribution in [0.4, 0.5) is 0 Å². The van der Waals surface area contributed by atoms with E-state index < -0.39 is 0 Å². The second kappa shape index (κ2) is 4.64. The van der Waals surface area contributed by atoms with E-state index in [4.69, 9.17) is 0 Å². The fourth-order valence-corrected chi connectivity index (χ4v) is 4.42. The van der Waals surface area contributed by atoms with Crippen molar-refractivity contribution in [2.24, 2.45) is 5.92 Å². The molecule has 1 saturated carbocycles. The molecular formula is C11H21AsO. The second-order valence-corrected chi connectivity index (χ2v) is 9.78. The van der Waals surface area contributed by atoms with Crippen LogP contribution in [0.2, 0.25) is 4.20 Å². The van der Waals surface area contributed by atoms with Gasteiger partial charge in [-0.2, -0.15) is 0 Å². The molecule has 1 nitrogen and oxygen atoms in total. The van der Waals surface area contributed by atoms with Gasteiger partial charge in [-0.15, -0.1) is 0 Å². The van der Waals surface area contributed by atoms with Gasteiger partial charge in [0.1, 0.15) is 0 Å². The molecule has 1 fully saturated rings. The van der Waals surface area contributed by atoms with Gasteiger partial charge in [-0.1, -0.05) is 0 Å². The molecule has 0 heterocycles. The Morgan fingerprint density at radius 2 is 1.69 bits per heavy atom. The van der Waals surface area contributed by atoms with Crippen molar-refractivity contribution in [2.75, 3.05) is 0 Å². The van der Waals surface area contributed by atoms with E-state index in [9.17, 15) is 4.79 Å². The van der Waals surface area contributed by atoms with Gasteiger partial charge < -0.3 is 0 Å². The Labute approximate surface area is 88.4 Å². The third kappa shape index (κ3) is 4.31. The molecule has 1 aliphatic carbocycles. The third-order valence-electron chi connectivity index (χ3n) is 2.47. The standard InChI is InChI=1S/C11H21AsO/c1-11(2,3)12-10(13)9-7-5-4-6-8-9/h9,12H,4-8H2,1-3H3. The number of carbonyl (C=O) groups is 1. The molecule has 0 radical (unpaired) electrons. The fourth-order valence-electron chi connectivity index (χ4n) is 1.84. The summed E-state index contributed by atoms with van der Waals surface area (Å²) in [5.74, 6) is 0.452. The Morgan fingerprint density at radius 1 is 1.15 bits per heavy atom. The van der Waals surface area contributed by atoms with E-state index in [0.717, 1.165) is 0 Å². The van der Waals surface area contributed by atoms with Crippen LogP contribution in [0.5, 0.6) is 0 Å². The summed E-state index contributed by atoms with van der Waals surface area (Å²) >= 11 is -0.383. The fraction of sp³-hybridized carbons (Fsp3) is 0.909. The van der Waals surface area contributed by atoms with E-state index in [1.54, 1.807) is 0 Å². The Kier molecular flexibility index (Phi) is 4.03. The summed E-state index contributed by atoms with van der Waals surface area (Å²) in [5.41, 5.74) is 0. The first-order valence-corrected chi connectivity index (χ1v) is 7.41. The first-order chi connectivity index (χ1) is 5.99. The molecule has 0 saturated heterocycles. The van der Waals surface area contributed by atoms with Gasteiger partial charge in [-0.3, -0.25) is 0 Å². The molecule has 76 valence electrons. The first-order valence-electron chi connectivity index (χ1n) is 5.31.